The van der Waals surface area contributed by atoms with E-state index in [2.05, 4.69) is 5.32 Å². The predicted octanol–water partition coefficient (Wildman–Crippen LogP) is 0.949. The number of esters is 1. The van der Waals surface area contributed by atoms with Crippen LogP contribution in [0.25, 0.3) is 0 Å². The smallest absolute Gasteiger partial charge is 0.325 e. The third-order valence-electron chi connectivity index (χ3n) is 3.63. The summed E-state index contributed by atoms with van der Waals surface area (Å²) in [5, 5.41) is 2.78. The highest BCUT2D eigenvalue weighted by Crippen LogP contribution is 2.37. The fourth-order valence-corrected chi connectivity index (χ4v) is 2.16. The first-order valence-corrected chi connectivity index (χ1v) is 7.59. The van der Waals surface area contributed by atoms with Crippen LogP contribution in [-0.4, -0.2) is 48.4 Å². The molecule has 21 heavy (non-hydrogen) atoms. The van der Waals surface area contributed by atoms with Crippen molar-refractivity contribution in [2.75, 3.05) is 19.7 Å². The first-order chi connectivity index (χ1) is 9.86. The quantitative estimate of drug-likeness (QED) is 0.677. The molecule has 0 aromatic rings. The van der Waals surface area contributed by atoms with E-state index in [0.29, 0.717) is 19.1 Å². The van der Waals surface area contributed by atoms with Gasteiger partial charge in [0, 0.05) is 24.9 Å². The first kappa shape index (κ1) is 17.5. The Morgan fingerprint density at radius 3 is 2.43 bits per heavy atom. The second-order valence-electron chi connectivity index (χ2n) is 5.78. The molecule has 120 valence electrons. The number of hydrogen-bond acceptors (Lipinski definition) is 4. The van der Waals surface area contributed by atoms with Crippen molar-refractivity contribution in [2.45, 2.75) is 46.6 Å². The summed E-state index contributed by atoms with van der Waals surface area (Å²) in [6.07, 6.45) is 1.13. The molecule has 0 heterocycles. The van der Waals surface area contributed by atoms with E-state index < -0.39 is 5.97 Å². The Balaban J connectivity index is 2.35. The molecule has 0 aromatic carbocycles. The molecule has 6 nitrogen and oxygen atoms in total. The van der Waals surface area contributed by atoms with Gasteiger partial charge in [-0.3, -0.25) is 14.4 Å². The molecule has 1 fully saturated rings. The fourth-order valence-electron chi connectivity index (χ4n) is 2.16. The standard InChI is InChI=1S/C15H26N2O4/c1-5-21-14(19)9-17(10(2)3)13(18)6-7-16-15(20)12-8-11(12)4/h10-12H,5-9H2,1-4H3,(H,16,20). The van der Waals surface area contributed by atoms with Gasteiger partial charge in [-0.2, -0.15) is 0 Å². The second-order valence-corrected chi connectivity index (χ2v) is 5.78. The Kier molecular flexibility index (Phi) is 6.65. The van der Waals surface area contributed by atoms with Crippen molar-refractivity contribution < 1.29 is 19.1 Å². The van der Waals surface area contributed by atoms with Gasteiger partial charge in [-0.15, -0.1) is 0 Å². The molecule has 1 rings (SSSR count). The van der Waals surface area contributed by atoms with Crippen LogP contribution in [-0.2, 0) is 19.1 Å². The minimum atomic E-state index is -0.407. The Morgan fingerprint density at radius 1 is 1.33 bits per heavy atom. The number of amides is 2. The largest absolute Gasteiger partial charge is 0.465 e. The highest BCUT2D eigenvalue weighted by atomic mass is 16.5. The maximum Gasteiger partial charge on any atom is 0.325 e. The summed E-state index contributed by atoms with van der Waals surface area (Å²) in [6, 6.07) is -0.0824. The summed E-state index contributed by atoms with van der Waals surface area (Å²) in [6.45, 7) is 8.03. The number of ether oxygens (including phenoxy) is 1. The number of carbonyl (C=O) groups excluding carboxylic acids is 3. The van der Waals surface area contributed by atoms with Gasteiger partial charge < -0.3 is 15.0 Å². The lowest BCUT2D eigenvalue weighted by atomic mass is 10.2. The van der Waals surface area contributed by atoms with Crippen LogP contribution in [0.4, 0.5) is 0 Å². The van der Waals surface area contributed by atoms with Crippen LogP contribution in [0.1, 0.15) is 40.5 Å². The summed E-state index contributed by atoms with van der Waals surface area (Å²) in [7, 11) is 0. The number of nitrogens with one attached hydrogen (secondary N) is 1. The third-order valence-corrected chi connectivity index (χ3v) is 3.63. The van der Waals surface area contributed by atoms with E-state index in [9.17, 15) is 14.4 Å². The average Bonchev–Trinajstić information content (AvgIpc) is 3.13. The fraction of sp³-hybridized carbons (Fsp3) is 0.800. The van der Waals surface area contributed by atoms with Gasteiger partial charge >= 0.3 is 5.97 Å². The lowest BCUT2D eigenvalue weighted by Gasteiger charge is -2.25. The third kappa shape index (κ3) is 5.73. The SMILES string of the molecule is CCOC(=O)CN(C(=O)CCNC(=O)C1CC1C)C(C)C. The molecular weight excluding hydrogens is 272 g/mol. The van der Waals surface area contributed by atoms with Gasteiger partial charge in [-0.05, 0) is 33.1 Å². The number of carbonyl (C=O) groups is 3. The van der Waals surface area contributed by atoms with Crippen molar-refractivity contribution in [2.24, 2.45) is 11.8 Å². The summed E-state index contributed by atoms with van der Waals surface area (Å²) in [4.78, 5) is 36.7. The van der Waals surface area contributed by atoms with Gasteiger partial charge in [-0.25, -0.2) is 0 Å². The minimum Gasteiger partial charge on any atom is -0.465 e. The van der Waals surface area contributed by atoms with Crippen molar-refractivity contribution in [3.63, 3.8) is 0 Å². The van der Waals surface area contributed by atoms with Gasteiger partial charge in [-0.1, -0.05) is 6.92 Å². The van der Waals surface area contributed by atoms with Crippen LogP contribution < -0.4 is 5.32 Å². The highest BCUT2D eigenvalue weighted by molar-refractivity contribution is 5.84. The molecule has 6 heteroatoms. The molecule has 2 atom stereocenters. The van der Waals surface area contributed by atoms with Crippen molar-refractivity contribution >= 4 is 17.8 Å². The summed E-state index contributed by atoms with van der Waals surface area (Å²) in [5.41, 5.74) is 0. The molecule has 1 saturated carbocycles. The molecule has 0 bridgehead atoms. The Morgan fingerprint density at radius 2 is 1.95 bits per heavy atom. The molecular formula is C15H26N2O4. The normalized spacial score (nSPS) is 20.0. The van der Waals surface area contributed by atoms with E-state index in [1.807, 2.05) is 20.8 Å². The van der Waals surface area contributed by atoms with Crippen molar-refractivity contribution in [3.05, 3.63) is 0 Å². The highest BCUT2D eigenvalue weighted by Gasteiger charge is 2.38. The Labute approximate surface area is 126 Å². The molecule has 0 spiro atoms. The van der Waals surface area contributed by atoms with Crippen molar-refractivity contribution in [3.8, 4) is 0 Å². The average molecular weight is 298 g/mol. The molecule has 0 radical (unpaired) electrons. The predicted molar refractivity (Wildman–Crippen MR) is 78.4 cm³/mol. The first-order valence-electron chi connectivity index (χ1n) is 7.59. The molecule has 2 amide bonds. The van der Waals surface area contributed by atoms with Gasteiger partial charge in [0.2, 0.25) is 11.8 Å². The van der Waals surface area contributed by atoms with E-state index in [1.54, 1.807) is 6.92 Å². The number of nitrogens with zero attached hydrogens (tertiary/aromatic N) is 1. The van der Waals surface area contributed by atoms with Crippen molar-refractivity contribution in [1.29, 1.82) is 0 Å². The summed E-state index contributed by atoms with van der Waals surface area (Å²) in [5.74, 6) is 0.0342. The molecule has 0 aromatic heterocycles. The maximum absolute atomic E-state index is 12.1. The lowest BCUT2D eigenvalue weighted by molar-refractivity contribution is -0.150. The van der Waals surface area contributed by atoms with Crippen LogP contribution in [0.5, 0.6) is 0 Å². The van der Waals surface area contributed by atoms with Gasteiger partial charge in [0.15, 0.2) is 0 Å². The molecule has 0 aliphatic heterocycles. The lowest BCUT2D eigenvalue weighted by Crippen LogP contribution is -2.42. The molecule has 2 unspecified atom stereocenters. The maximum atomic E-state index is 12.1. The van der Waals surface area contributed by atoms with Gasteiger partial charge in [0.25, 0.3) is 0 Å². The molecule has 0 saturated heterocycles. The van der Waals surface area contributed by atoms with Crippen molar-refractivity contribution in [1.82, 2.24) is 10.2 Å². The second kappa shape index (κ2) is 8.00. The summed E-state index contributed by atoms with van der Waals surface area (Å²) >= 11 is 0. The van der Waals surface area contributed by atoms with Crippen LogP contribution in [0, 0.1) is 11.8 Å². The Bertz CT molecular complexity index is 395. The Hall–Kier alpha value is -1.59. The monoisotopic (exact) mass is 298 g/mol. The molecule has 1 N–H and O–H groups in total. The van der Waals surface area contributed by atoms with Crippen LogP contribution in [0.2, 0.25) is 0 Å². The minimum absolute atomic E-state index is 0.0248. The van der Waals surface area contributed by atoms with Crippen LogP contribution in [0.15, 0.2) is 0 Å². The van der Waals surface area contributed by atoms with E-state index in [-0.39, 0.29) is 36.7 Å². The molecule has 1 aliphatic carbocycles. The molecule has 1 aliphatic rings. The van der Waals surface area contributed by atoms with E-state index >= 15 is 0 Å². The zero-order valence-corrected chi connectivity index (χ0v) is 13.3. The zero-order chi connectivity index (χ0) is 16.0. The number of rotatable bonds is 8. The topological polar surface area (TPSA) is 75.7 Å². The number of hydrogen-bond donors (Lipinski definition) is 1. The van der Waals surface area contributed by atoms with Crippen LogP contribution in [0.3, 0.4) is 0 Å². The van der Waals surface area contributed by atoms with Crippen LogP contribution >= 0.6 is 0 Å². The summed E-state index contributed by atoms with van der Waals surface area (Å²) < 4.78 is 4.86. The van der Waals surface area contributed by atoms with E-state index in [4.69, 9.17) is 4.74 Å². The van der Waals surface area contributed by atoms with E-state index in [1.165, 1.54) is 4.90 Å². The van der Waals surface area contributed by atoms with Gasteiger partial charge in [0.05, 0.1) is 6.61 Å². The van der Waals surface area contributed by atoms with Gasteiger partial charge in [0.1, 0.15) is 6.54 Å². The zero-order valence-electron chi connectivity index (χ0n) is 13.3. The van der Waals surface area contributed by atoms with E-state index in [0.717, 1.165) is 6.42 Å².